The summed E-state index contributed by atoms with van der Waals surface area (Å²) in [6, 6.07) is 19.5. The molecule has 0 aliphatic carbocycles. The SMILES string of the molecule is Cc1cc2cc3ccccc3c([N+](=O)[O-])c2c2ccccc12. The molecule has 0 heterocycles. The van der Waals surface area contributed by atoms with E-state index in [0.717, 1.165) is 32.5 Å². The Morgan fingerprint density at radius 1 is 0.818 bits per heavy atom. The average molecular weight is 287 g/mol. The summed E-state index contributed by atoms with van der Waals surface area (Å²) >= 11 is 0. The molecule has 0 atom stereocenters. The zero-order valence-corrected chi connectivity index (χ0v) is 12.0. The summed E-state index contributed by atoms with van der Waals surface area (Å²) in [5.74, 6) is 0. The van der Waals surface area contributed by atoms with Gasteiger partial charge in [-0.05, 0) is 46.2 Å². The normalized spacial score (nSPS) is 11.3. The van der Waals surface area contributed by atoms with Gasteiger partial charge in [0.05, 0.1) is 15.7 Å². The second kappa shape index (κ2) is 4.53. The van der Waals surface area contributed by atoms with Gasteiger partial charge in [0, 0.05) is 0 Å². The van der Waals surface area contributed by atoms with Crippen molar-refractivity contribution >= 4 is 38.0 Å². The Labute approximate surface area is 126 Å². The van der Waals surface area contributed by atoms with Gasteiger partial charge in [-0.1, -0.05) is 48.5 Å². The first-order chi connectivity index (χ1) is 10.7. The number of fused-ring (bicyclic) bond motifs is 4. The Balaban J connectivity index is 2.38. The highest BCUT2D eigenvalue weighted by Crippen LogP contribution is 2.39. The van der Waals surface area contributed by atoms with Gasteiger partial charge in [0.1, 0.15) is 0 Å². The third kappa shape index (κ3) is 1.69. The van der Waals surface area contributed by atoms with Gasteiger partial charge >= 0.3 is 0 Å². The number of hydrogen-bond donors (Lipinski definition) is 0. The highest BCUT2D eigenvalue weighted by atomic mass is 16.6. The molecule has 0 amide bonds. The van der Waals surface area contributed by atoms with Crippen LogP contribution in [0, 0.1) is 17.0 Å². The van der Waals surface area contributed by atoms with E-state index in [1.54, 1.807) is 0 Å². The average Bonchev–Trinajstić information content (AvgIpc) is 2.53. The van der Waals surface area contributed by atoms with Crippen LogP contribution in [0.2, 0.25) is 0 Å². The van der Waals surface area contributed by atoms with Crippen LogP contribution in [0.4, 0.5) is 5.69 Å². The van der Waals surface area contributed by atoms with Gasteiger partial charge < -0.3 is 0 Å². The molecule has 0 aliphatic heterocycles. The van der Waals surface area contributed by atoms with Gasteiger partial charge in [0.25, 0.3) is 5.69 Å². The van der Waals surface area contributed by atoms with Crippen LogP contribution in [0.5, 0.6) is 0 Å². The topological polar surface area (TPSA) is 43.1 Å². The molecule has 0 aromatic heterocycles. The maximum atomic E-state index is 11.8. The number of nitrogens with zero attached hydrogens (tertiary/aromatic N) is 1. The zero-order valence-electron chi connectivity index (χ0n) is 12.0. The molecule has 4 aromatic rings. The number of nitro benzene ring substituents is 1. The maximum Gasteiger partial charge on any atom is 0.285 e. The molecule has 3 heteroatoms. The monoisotopic (exact) mass is 287 g/mol. The molecule has 0 aliphatic rings. The minimum Gasteiger partial charge on any atom is -0.258 e. The van der Waals surface area contributed by atoms with Crippen LogP contribution in [0.25, 0.3) is 32.3 Å². The molecule has 0 spiro atoms. The van der Waals surface area contributed by atoms with Gasteiger partial charge in [-0.2, -0.15) is 0 Å². The third-order valence-electron chi connectivity index (χ3n) is 4.23. The fourth-order valence-corrected chi connectivity index (χ4v) is 3.29. The Morgan fingerprint density at radius 3 is 2.18 bits per heavy atom. The van der Waals surface area contributed by atoms with Crippen molar-refractivity contribution < 1.29 is 4.92 Å². The third-order valence-corrected chi connectivity index (χ3v) is 4.23. The van der Waals surface area contributed by atoms with E-state index in [1.165, 1.54) is 0 Å². The number of nitro groups is 1. The first kappa shape index (κ1) is 12.8. The predicted molar refractivity (Wildman–Crippen MR) is 90.4 cm³/mol. The lowest BCUT2D eigenvalue weighted by molar-refractivity contribution is -0.381. The Morgan fingerprint density at radius 2 is 1.45 bits per heavy atom. The van der Waals surface area contributed by atoms with Gasteiger partial charge in [0.15, 0.2) is 0 Å². The van der Waals surface area contributed by atoms with E-state index < -0.39 is 0 Å². The first-order valence-electron chi connectivity index (χ1n) is 7.15. The van der Waals surface area contributed by atoms with Crippen molar-refractivity contribution in [3.63, 3.8) is 0 Å². The molecule has 0 radical (unpaired) electrons. The standard InChI is InChI=1S/C19H13NO2/c1-12-10-14-11-13-6-2-3-8-16(13)19(20(21)22)18(14)17-9-5-4-7-15(12)17/h2-11H,1H3. The number of rotatable bonds is 1. The van der Waals surface area contributed by atoms with Crippen molar-refractivity contribution in [3.05, 3.63) is 76.3 Å². The lowest BCUT2D eigenvalue weighted by Gasteiger charge is -2.10. The molecule has 3 nitrogen and oxygen atoms in total. The van der Waals surface area contributed by atoms with Crippen molar-refractivity contribution in [2.24, 2.45) is 0 Å². The lowest BCUT2D eigenvalue weighted by atomic mass is 9.94. The van der Waals surface area contributed by atoms with E-state index in [-0.39, 0.29) is 10.6 Å². The van der Waals surface area contributed by atoms with E-state index >= 15 is 0 Å². The second-order valence-electron chi connectivity index (χ2n) is 5.54. The molecule has 0 bridgehead atoms. The van der Waals surface area contributed by atoms with Crippen molar-refractivity contribution in [3.8, 4) is 0 Å². The summed E-state index contributed by atoms with van der Waals surface area (Å²) in [4.78, 5) is 11.5. The van der Waals surface area contributed by atoms with E-state index in [9.17, 15) is 10.1 Å². The molecule has 0 fully saturated rings. The van der Waals surface area contributed by atoms with Gasteiger partial charge in [-0.3, -0.25) is 10.1 Å². The molecule has 106 valence electrons. The first-order valence-corrected chi connectivity index (χ1v) is 7.15. The lowest BCUT2D eigenvalue weighted by Crippen LogP contribution is -1.93. The van der Waals surface area contributed by atoms with Crippen LogP contribution in [0.3, 0.4) is 0 Å². The molecule has 22 heavy (non-hydrogen) atoms. The van der Waals surface area contributed by atoms with E-state index in [0.29, 0.717) is 5.39 Å². The number of benzene rings is 4. The van der Waals surface area contributed by atoms with Crippen LogP contribution < -0.4 is 0 Å². The minimum atomic E-state index is -0.257. The molecular weight excluding hydrogens is 274 g/mol. The quantitative estimate of drug-likeness (QED) is 0.204. The zero-order chi connectivity index (χ0) is 15.3. The smallest absolute Gasteiger partial charge is 0.258 e. The van der Waals surface area contributed by atoms with E-state index in [2.05, 4.69) is 0 Å². The summed E-state index contributed by atoms with van der Waals surface area (Å²) in [6.07, 6.45) is 0. The fraction of sp³-hybridized carbons (Fsp3) is 0.0526. The van der Waals surface area contributed by atoms with Crippen LogP contribution in [-0.4, -0.2) is 4.92 Å². The van der Waals surface area contributed by atoms with Crippen molar-refractivity contribution in [2.45, 2.75) is 6.92 Å². The molecule has 4 rings (SSSR count). The fourth-order valence-electron chi connectivity index (χ4n) is 3.29. The summed E-state index contributed by atoms with van der Waals surface area (Å²) in [7, 11) is 0. The van der Waals surface area contributed by atoms with Crippen molar-refractivity contribution in [1.29, 1.82) is 0 Å². The second-order valence-corrected chi connectivity index (χ2v) is 5.54. The number of hydrogen-bond acceptors (Lipinski definition) is 2. The highest BCUT2D eigenvalue weighted by molar-refractivity contribution is 6.19. The Hall–Kier alpha value is -2.94. The summed E-state index contributed by atoms with van der Waals surface area (Å²) in [5.41, 5.74) is 1.33. The van der Waals surface area contributed by atoms with Crippen molar-refractivity contribution in [1.82, 2.24) is 0 Å². The maximum absolute atomic E-state index is 11.8. The van der Waals surface area contributed by atoms with Gasteiger partial charge in [-0.15, -0.1) is 0 Å². The Bertz CT molecular complexity index is 1070. The number of non-ortho nitro benzene ring substituents is 1. The van der Waals surface area contributed by atoms with Gasteiger partial charge in [-0.25, -0.2) is 0 Å². The van der Waals surface area contributed by atoms with Crippen LogP contribution in [0.1, 0.15) is 5.56 Å². The van der Waals surface area contributed by atoms with Crippen LogP contribution in [-0.2, 0) is 0 Å². The summed E-state index contributed by atoms with van der Waals surface area (Å²) in [6.45, 7) is 2.04. The minimum absolute atomic E-state index is 0.198. The molecule has 0 N–H and O–H groups in total. The highest BCUT2D eigenvalue weighted by Gasteiger charge is 2.20. The number of aryl methyl sites for hydroxylation is 1. The molecule has 0 unspecified atom stereocenters. The molecular formula is C19H13NO2. The van der Waals surface area contributed by atoms with Crippen LogP contribution in [0.15, 0.2) is 60.7 Å². The predicted octanol–water partition coefficient (Wildman–Crippen LogP) is 5.36. The Kier molecular flexibility index (Phi) is 2.63. The van der Waals surface area contributed by atoms with Crippen molar-refractivity contribution in [2.75, 3.05) is 0 Å². The molecule has 4 aromatic carbocycles. The molecule has 0 saturated heterocycles. The summed E-state index contributed by atoms with van der Waals surface area (Å²) < 4.78 is 0. The summed E-state index contributed by atoms with van der Waals surface area (Å²) in [5, 5.41) is 17.0. The van der Waals surface area contributed by atoms with Gasteiger partial charge in [0.2, 0.25) is 0 Å². The van der Waals surface area contributed by atoms with E-state index in [4.69, 9.17) is 0 Å². The van der Waals surface area contributed by atoms with Crippen LogP contribution >= 0.6 is 0 Å². The largest absolute Gasteiger partial charge is 0.285 e. The van der Waals surface area contributed by atoms with E-state index in [1.807, 2.05) is 67.6 Å². The molecule has 0 saturated carbocycles.